The number of hydrogen-bond acceptors (Lipinski definition) is 5. The van der Waals surface area contributed by atoms with Crippen LogP contribution in [0.15, 0.2) is 0 Å². The van der Waals surface area contributed by atoms with Crippen LogP contribution >= 0.6 is 11.8 Å². The van der Waals surface area contributed by atoms with E-state index in [4.69, 9.17) is 10.8 Å². The van der Waals surface area contributed by atoms with Gasteiger partial charge in [0.05, 0.1) is 0 Å². The molecule has 0 unspecified atom stereocenters. The van der Waals surface area contributed by atoms with Gasteiger partial charge in [-0.05, 0) is 0 Å². The van der Waals surface area contributed by atoms with Gasteiger partial charge in [0.1, 0.15) is 6.04 Å². The predicted molar refractivity (Wildman–Crippen MR) is 60.2 cm³/mol. The van der Waals surface area contributed by atoms with Gasteiger partial charge in [-0.2, -0.15) is 11.8 Å². The smallest absolute Gasteiger partial charge is 0.321 e. The SMILES string of the molecule is CNC(=O)NC(=O)CCSC[C@@H](N)C(=O)O. The quantitative estimate of drug-likeness (QED) is 0.447. The van der Waals surface area contributed by atoms with Crippen molar-refractivity contribution in [3.05, 3.63) is 0 Å². The molecule has 0 radical (unpaired) electrons. The number of carboxylic acids is 1. The zero-order valence-corrected chi connectivity index (χ0v) is 9.67. The number of thioether (sulfide) groups is 1. The number of carboxylic acid groups (broad SMARTS) is 1. The standard InChI is InChI=1S/C8H15N3O4S/c1-10-8(15)11-6(12)2-3-16-4-5(9)7(13)14/h5H,2-4,9H2,1H3,(H,13,14)(H2,10,11,12,15)/t5-/m1/s1. The molecule has 7 nitrogen and oxygen atoms in total. The first kappa shape index (κ1) is 14.7. The predicted octanol–water partition coefficient (Wildman–Crippen LogP) is -1.02. The van der Waals surface area contributed by atoms with Gasteiger partial charge in [-0.25, -0.2) is 4.79 Å². The summed E-state index contributed by atoms with van der Waals surface area (Å²) in [5, 5.41) is 12.8. The number of aliphatic carboxylic acids is 1. The first-order valence-corrected chi connectivity index (χ1v) is 5.70. The highest BCUT2D eigenvalue weighted by Gasteiger charge is 2.11. The summed E-state index contributed by atoms with van der Waals surface area (Å²) in [6, 6.07) is -1.48. The molecule has 0 aliphatic rings. The van der Waals surface area contributed by atoms with Crippen molar-refractivity contribution in [2.45, 2.75) is 12.5 Å². The number of rotatable bonds is 6. The van der Waals surface area contributed by atoms with E-state index in [1.165, 1.54) is 18.8 Å². The van der Waals surface area contributed by atoms with Crippen molar-refractivity contribution >= 4 is 29.7 Å². The third-order valence-corrected chi connectivity index (χ3v) is 2.66. The second-order valence-electron chi connectivity index (χ2n) is 2.90. The highest BCUT2D eigenvalue weighted by atomic mass is 32.2. The maximum Gasteiger partial charge on any atom is 0.321 e. The summed E-state index contributed by atoms with van der Waals surface area (Å²) in [4.78, 5) is 32.1. The maximum atomic E-state index is 11.1. The first-order chi connectivity index (χ1) is 7.47. The van der Waals surface area contributed by atoms with Gasteiger partial charge in [0.15, 0.2) is 0 Å². The molecule has 0 bridgehead atoms. The van der Waals surface area contributed by atoms with Gasteiger partial charge in [-0.3, -0.25) is 14.9 Å². The van der Waals surface area contributed by atoms with Crippen LogP contribution in [-0.4, -0.2) is 47.6 Å². The summed E-state index contributed by atoms with van der Waals surface area (Å²) >= 11 is 1.25. The Labute approximate surface area is 97.1 Å². The van der Waals surface area contributed by atoms with Gasteiger partial charge in [-0.15, -0.1) is 0 Å². The molecular formula is C8H15N3O4S. The lowest BCUT2D eigenvalue weighted by Crippen LogP contribution is -2.37. The number of nitrogens with two attached hydrogens (primary N) is 1. The summed E-state index contributed by atoms with van der Waals surface area (Å²) in [5.41, 5.74) is 5.25. The molecule has 0 fully saturated rings. The molecule has 0 rings (SSSR count). The largest absolute Gasteiger partial charge is 0.480 e. The third kappa shape index (κ3) is 7.07. The summed E-state index contributed by atoms with van der Waals surface area (Å²) in [5.74, 6) is -0.815. The van der Waals surface area contributed by atoms with Crippen molar-refractivity contribution in [3.8, 4) is 0 Å². The second-order valence-corrected chi connectivity index (χ2v) is 4.05. The van der Waals surface area contributed by atoms with Crippen LogP contribution in [-0.2, 0) is 9.59 Å². The van der Waals surface area contributed by atoms with Crippen molar-refractivity contribution < 1.29 is 19.5 Å². The molecule has 16 heavy (non-hydrogen) atoms. The van der Waals surface area contributed by atoms with Crippen LogP contribution in [0.5, 0.6) is 0 Å². The fourth-order valence-corrected chi connectivity index (χ4v) is 1.59. The zero-order chi connectivity index (χ0) is 12.6. The molecule has 8 heteroatoms. The van der Waals surface area contributed by atoms with E-state index in [-0.39, 0.29) is 12.2 Å². The molecular weight excluding hydrogens is 234 g/mol. The number of urea groups is 1. The highest BCUT2D eigenvalue weighted by molar-refractivity contribution is 7.99. The van der Waals surface area contributed by atoms with Crippen molar-refractivity contribution in [2.24, 2.45) is 5.73 Å². The maximum absolute atomic E-state index is 11.1. The Kier molecular flexibility index (Phi) is 7.31. The van der Waals surface area contributed by atoms with E-state index < -0.39 is 23.9 Å². The minimum atomic E-state index is -1.07. The molecule has 0 aromatic rings. The Balaban J connectivity index is 3.55. The molecule has 92 valence electrons. The molecule has 0 heterocycles. The molecule has 0 aliphatic carbocycles. The van der Waals surface area contributed by atoms with E-state index in [0.29, 0.717) is 5.75 Å². The lowest BCUT2D eigenvalue weighted by atomic mass is 10.4. The van der Waals surface area contributed by atoms with Gasteiger partial charge < -0.3 is 16.2 Å². The first-order valence-electron chi connectivity index (χ1n) is 4.55. The summed E-state index contributed by atoms with van der Waals surface area (Å²) in [6.45, 7) is 0. The van der Waals surface area contributed by atoms with Crippen LogP contribution < -0.4 is 16.4 Å². The molecule has 5 N–H and O–H groups in total. The van der Waals surface area contributed by atoms with Crippen LogP contribution in [0, 0.1) is 0 Å². The van der Waals surface area contributed by atoms with Crippen molar-refractivity contribution in [1.29, 1.82) is 0 Å². The average Bonchev–Trinajstić information content (AvgIpc) is 2.23. The van der Waals surface area contributed by atoms with E-state index >= 15 is 0 Å². The summed E-state index contributed by atoms with van der Waals surface area (Å²) < 4.78 is 0. The van der Waals surface area contributed by atoms with Crippen LogP contribution in [0.25, 0.3) is 0 Å². The van der Waals surface area contributed by atoms with E-state index in [2.05, 4.69) is 10.6 Å². The van der Waals surface area contributed by atoms with E-state index in [9.17, 15) is 14.4 Å². The van der Waals surface area contributed by atoms with Crippen molar-refractivity contribution in [1.82, 2.24) is 10.6 Å². The Morgan fingerprint density at radius 1 is 1.44 bits per heavy atom. The topological polar surface area (TPSA) is 122 Å². The van der Waals surface area contributed by atoms with E-state index in [1.807, 2.05) is 0 Å². The molecule has 0 aliphatic heterocycles. The van der Waals surface area contributed by atoms with Crippen molar-refractivity contribution in [2.75, 3.05) is 18.6 Å². The minimum absolute atomic E-state index is 0.143. The molecule has 3 amide bonds. The van der Waals surface area contributed by atoms with Crippen molar-refractivity contribution in [3.63, 3.8) is 0 Å². The molecule has 0 aromatic carbocycles. The summed E-state index contributed by atoms with van der Waals surface area (Å²) in [6.07, 6.45) is 0.143. The summed E-state index contributed by atoms with van der Waals surface area (Å²) in [7, 11) is 1.41. The van der Waals surface area contributed by atoms with E-state index in [1.54, 1.807) is 0 Å². The average molecular weight is 249 g/mol. The number of nitrogens with one attached hydrogen (secondary N) is 2. The Morgan fingerprint density at radius 3 is 2.56 bits per heavy atom. The lowest BCUT2D eigenvalue weighted by molar-refractivity contribution is -0.137. The van der Waals surface area contributed by atoms with Gasteiger partial charge in [0.25, 0.3) is 0 Å². The Morgan fingerprint density at radius 2 is 2.06 bits per heavy atom. The fraction of sp³-hybridized carbons (Fsp3) is 0.625. The number of carbonyl (C=O) groups is 3. The molecule has 0 spiro atoms. The van der Waals surface area contributed by atoms with Gasteiger partial charge in [0, 0.05) is 25.0 Å². The number of imide groups is 1. The minimum Gasteiger partial charge on any atom is -0.480 e. The molecule has 1 atom stereocenters. The van der Waals surface area contributed by atoms with Gasteiger partial charge in [0.2, 0.25) is 5.91 Å². The van der Waals surface area contributed by atoms with E-state index in [0.717, 1.165) is 0 Å². The Bertz CT molecular complexity index is 272. The molecule has 0 saturated heterocycles. The van der Waals surface area contributed by atoms with Gasteiger partial charge in [-0.1, -0.05) is 0 Å². The van der Waals surface area contributed by atoms with Crippen LogP contribution in [0.1, 0.15) is 6.42 Å². The third-order valence-electron chi connectivity index (χ3n) is 1.57. The Hall–Kier alpha value is -1.28. The number of carbonyl (C=O) groups excluding carboxylic acids is 2. The normalized spacial score (nSPS) is 11.6. The van der Waals surface area contributed by atoms with Crippen LogP contribution in [0.4, 0.5) is 4.79 Å². The van der Waals surface area contributed by atoms with Crippen LogP contribution in [0.2, 0.25) is 0 Å². The fourth-order valence-electron chi connectivity index (χ4n) is 0.698. The monoisotopic (exact) mass is 249 g/mol. The molecule has 0 saturated carbocycles. The van der Waals surface area contributed by atoms with Gasteiger partial charge >= 0.3 is 12.0 Å². The van der Waals surface area contributed by atoms with Crippen LogP contribution in [0.3, 0.4) is 0 Å². The molecule has 0 aromatic heterocycles. The highest BCUT2D eigenvalue weighted by Crippen LogP contribution is 2.03. The lowest BCUT2D eigenvalue weighted by Gasteiger charge is -2.05. The second kappa shape index (κ2) is 7.94. The number of hydrogen-bond donors (Lipinski definition) is 4. The zero-order valence-electron chi connectivity index (χ0n) is 8.86. The number of amides is 3.